The number of allylic oxidation sites excluding steroid dienone is 1. The van der Waals surface area contributed by atoms with Crippen molar-refractivity contribution in [1.29, 1.82) is 0 Å². The molecule has 0 fully saturated rings. The maximum absolute atomic E-state index is 13.1. The fourth-order valence-corrected chi connectivity index (χ4v) is 4.87. The van der Waals surface area contributed by atoms with Crippen molar-refractivity contribution in [2.24, 2.45) is 17.6 Å². The minimum absolute atomic E-state index is 0.147. The van der Waals surface area contributed by atoms with Gasteiger partial charge in [0.15, 0.2) is 11.4 Å². The number of aliphatic hydroxyl groups is 4. The largest absolute Gasteiger partial charge is 0.511 e. The molecule has 0 aromatic heterocycles. The molecule has 7 N–H and O–H groups in total. The number of phenolic OH excluding ortho intramolecular Hbond substituents is 1. The fourth-order valence-electron chi connectivity index (χ4n) is 4.87. The van der Waals surface area contributed by atoms with E-state index in [-0.39, 0.29) is 24.0 Å². The number of fused-ring (bicyclic) bond motifs is 3. The summed E-state index contributed by atoms with van der Waals surface area (Å²) in [4.78, 5) is 37.5. The molecule has 1 amide bonds. The highest BCUT2D eigenvalue weighted by Crippen LogP contribution is 2.55. The van der Waals surface area contributed by atoms with Crippen molar-refractivity contribution >= 4 is 17.5 Å². The molecule has 1 aromatic carbocycles. The van der Waals surface area contributed by atoms with Gasteiger partial charge in [-0.15, -0.1) is 0 Å². The van der Waals surface area contributed by atoms with Gasteiger partial charge in [0.1, 0.15) is 22.8 Å². The van der Waals surface area contributed by atoms with Gasteiger partial charge in [0, 0.05) is 23.8 Å². The lowest BCUT2D eigenvalue weighted by Gasteiger charge is -2.49. The SMILES string of the molecule is CC1(O)c2cccc(O)c2C(=O)C2=C(O)[C@]3(O)C(=O)C(C(N)=O)=C(O)C[C@@H]3CC21. The summed E-state index contributed by atoms with van der Waals surface area (Å²) >= 11 is 0. The van der Waals surface area contributed by atoms with E-state index in [9.17, 15) is 39.9 Å². The zero-order chi connectivity index (χ0) is 21.5. The van der Waals surface area contributed by atoms with E-state index in [0.29, 0.717) is 0 Å². The van der Waals surface area contributed by atoms with Crippen LogP contribution in [-0.4, -0.2) is 48.6 Å². The number of carbonyl (C=O) groups excluding carboxylic acids is 3. The van der Waals surface area contributed by atoms with Crippen molar-refractivity contribution in [2.75, 3.05) is 0 Å². The van der Waals surface area contributed by atoms with Crippen molar-refractivity contribution in [1.82, 2.24) is 0 Å². The van der Waals surface area contributed by atoms with Crippen molar-refractivity contribution in [3.63, 3.8) is 0 Å². The highest BCUT2D eigenvalue weighted by Gasteiger charge is 2.62. The molecule has 2 unspecified atom stereocenters. The Morgan fingerprint density at radius 1 is 1.17 bits per heavy atom. The number of nitrogens with two attached hydrogens (primary N) is 1. The highest BCUT2D eigenvalue weighted by molar-refractivity contribution is 6.24. The first kappa shape index (κ1) is 19.2. The van der Waals surface area contributed by atoms with Crippen molar-refractivity contribution in [3.05, 3.63) is 52.0 Å². The van der Waals surface area contributed by atoms with Crippen molar-refractivity contribution in [2.45, 2.75) is 31.0 Å². The maximum Gasteiger partial charge on any atom is 0.255 e. The van der Waals surface area contributed by atoms with Crippen LogP contribution in [0.1, 0.15) is 35.7 Å². The molecule has 9 nitrogen and oxygen atoms in total. The van der Waals surface area contributed by atoms with Crippen LogP contribution < -0.4 is 5.73 Å². The summed E-state index contributed by atoms with van der Waals surface area (Å²) in [6.45, 7) is 1.40. The monoisotopic (exact) mass is 401 g/mol. The quantitative estimate of drug-likeness (QED) is 0.362. The molecule has 152 valence electrons. The van der Waals surface area contributed by atoms with Crippen LogP contribution in [0.2, 0.25) is 0 Å². The molecule has 0 saturated carbocycles. The van der Waals surface area contributed by atoms with E-state index in [4.69, 9.17) is 5.73 Å². The van der Waals surface area contributed by atoms with Gasteiger partial charge < -0.3 is 31.3 Å². The Labute approximate surface area is 164 Å². The van der Waals surface area contributed by atoms with Crippen LogP contribution in [-0.2, 0) is 15.2 Å². The molecule has 0 bridgehead atoms. The normalized spacial score (nSPS) is 33.9. The molecule has 29 heavy (non-hydrogen) atoms. The third-order valence-corrected chi connectivity index (χ3v) is 6.36. The summed E-state index contributed by atoms with van der Waals surface area (Å²) < 4.78 is 0. The van der Waals surface area contributed by atoms with E-state index in [2.05, 4.69) is 0 Å². The lowest BCUT2D eigenvalue weighted by atomic mass is 9.56. The molecule has 3 aliphatic carbocycles. The Bertz CT molecular complexity index is 1070. The third kappa shape index (κ3) is 2.19. The molecule has 1 aromatic rings. The Morgan fingerprint density at radius 2 is 1.83 bits per heavy atom. The summed E-state index contributed by atoms with van der Waals surface area (Å²) in [6.07, 6.45) is -0.503. The molecule has 0 heterocycles. The van der Waals surface area contributed by atoms with E-state index >= 15 is 0 Å². The number of aromatic hydroxyl groups is 1. The van der Waals surface area contributed by atoms with Crippen molar-refractivity contribution < 1.29 is 39.9 Å². The van der Waals surface area contributed by atoms with Gasteiger partial charge in [-0.1, -0.05) is 12.1 Å². The second-order valence-corrected chi connectivity index (χ2v) is 7.91. The Morgan fingerprint density at radius 3 is 2.45 bits per heavy atom. The molecule has 4 rings (SSSR count). The molecule has 0 radical (unpaired) electrons. The first-order valence-electron chi connectivity index (χ1n) is 8.96. The van der Waals surface area contributed by atoms with Crippen LogP contribution in [0.4, 0.5) is 0 Å². The molecule has 0 saturated heterocycles. The van der Waals surface area contributed by atoms with Crippen LogP contribution in [0.5, 0.6) is 5.75 Å². The molecule has 0 spiro atoms. The Hall–Kier alpha value is -3.17. The topological polar surface area (TPSA) is 178 Å². The number of carbonyl (C=O) groups is 3. The Balaban J connectivity index is 1.99. The predicted octanol–water partition coefficient (Wildman–Crippen LogP) is 0.245. The van der Waals surface area contributed by atoms with Crippen molar-refractivity contribution in [3.8, 4) is 5.75 Å². The predicted molar refractivity (Wildman–Crippen MR) is 96.7 cm³/mol. The molecule has 0 aliphatic heterocycles. The van der Waals surface area contributed by atoms with E-state index < -0.39 is 68.9 Å². The number of rotatable bonds is 1. The third-order valence-electron chi connectivity index (χ3n) is 6.36. The summed E-state index contributed by atoms with van der Waals surface area (Å²) in [6, 6.07) is 4.17. The number of primary amides is 1. The van der Waals surface area contributed by atoms with Crippen LogP contribution in [0.3, 0.4) is 0 Å². The second-order valence-electron chi connectivity index (χ2n) is 7.91. The molecule has 3 aliphatic rings. The van der Waals surface area contributed by atoms with Gasteiger partial charge in [0.25, 0.3) is 5.91 Å². The van der Waals surface area contributed by atoms with E-state index in [1.165, 1.54) is 25.1 Å². The standard InChI is InChI=1S/C20H19NO8/c1-19(28)8-3-2-4-10(22)12(8)15(24)13-9(19)5-7-6-11(23)14(18(21)27)17(26)20(7,29)16(13)25/h2-4,7,9,22-23,25,28-29H,5-6H2,1H3,(H2,21,27)/t7-,9?,19?,20-/m0/s1. The van der Waals surface area contributed by atoms with Crippen LogP contribution >= 0.6 is 0 Å². The first-order chi connectivity index (χ1) is 13.4. The number of hydrogen-bond acceptors (Lipinski definition) is 8. The number of hydrogen-bond donors (Lipinski definition) is 6. The fraction of sp³-hybridized carbons (Fsp3) is 0.350. The summed E-state index contributed by atoms with van der Waals surface area (Å²) in [5.41, 5.74) is -0.597. The van der Waals surface area contributed by atoms with E-state index in [0.717, 1.165) is 0 Å². The first-order valence-corrected chi connectivity index (χ1v) is 8.96. The number of aliphatic hydroxyl groups excluding tert-OH is 2. The zero-order valence-electron chi connectivity index (χ0n) is 15.3. The van der Waals surface area contributed by atoms with Gasteiger partial charge in [0.2, 0.25) is 5.78 Å². The van der Waals surface area contributed by atoms with Gasteiger partial charge >= 0.3 is 0 Å². The summed E-state index contributed by atoms with van der Waals surface area (Å²) in [5, 5.41) is 53.5. The Kier molecular flexibility index (Phi) is 3.75. The molecular formula is C20H19NO8. The second kappa shape index (κ2) is 5.68. The number of ketones is 2. The number of amides is 1. The van der Waals surface area contributed by atoms with Gasteiger partial charge in [-0.25, -0.2) is 0 Å². The smallest absolute Gasteiger partial charge is 0.255 e. The summed E-state index contributed by atoms with van der Waals surface area (Å²) in [5.74, 6) is -7.60. The average molecular weight is 401 g/mol. The van der Waals surface area contributed by atoms with Crippen LogP contribution in [0.25, 0.3) is 0 Å². The highest BCUT2D eigenvalue weighted by atomic mass is 16.3. The maximum atomic E-state index is 13.1. The van der Waals surface area contributed by atoms with Gasteiger partial charge in [-0.3, -0.25) is 14.4 Å². The average Bonchev–Trinajstić information content (AvgIpc) is 2.62. The minimum atomic E-state index is -2.66. The van der Waals surface area contributed by atoms with E-state index in [1.807, 2.05) is 0 Å². The number of benzene rings is 1. The van der Waals surface area contributed by atoms with Crippen LogP contribution in [0.15, 0.2) is 40.9 Å². The molecule has 9 heteroatoms. The van der Waals surface area contributed by atoms with Gasteiger partial charge in [0.05, 0.1) is 11.2 Å². The van der Waals surface area contributed by atoms with Gasteiger partial charge in [-0.2, -0.15) is 0 Å². The number of phenols is 1. The minimum Gasteiger partial charge on any atom is -0.511 e. The van der Waals surface area contributed by atoms with Gasteiger partial charge in [-0.05, 0) is 25.0 Å². The number of Topliss-reactive ketones (excluding diaryl/α,β-unsaturated/α-hetero) is 2. The molecule has 4 atom stereocenters. The summed E-state index contributed by atoms with van der Waals surface area (Å²) in [7, 11) is 0. The zero-order valence-corrected chi connectivity index (χ0v) is 15.3. The molecular weight excluding hydrogens is 382 g/mol. The van der Waals surface area contributed by atoms with E-state index in [1.54, 1.807) is 0 Å². The lowest BCUT2D eigenvalue weighted by molar-refractivity contribution is -0.147. The lowest BCUT2D eigenvalue weighted by Crippen LogP contribution is -2.59. The van der Waals surface area contributed by atoms with Crippen LogP contribution in [0, 0.1) is 11.8 Å².